The van der Waals surface area contributed by atoms with Crippen molar-refractivity contribution in [2.75, 3.05) is 13.1 Å². The van der Waals surface area contributed by atoms with Crippen molar-refractivity contribution in [2.45, 2.75) is 27.2 Å². The minimum absolute atomic E-state index is 0.486. The summed E-state index contributed by atoms with van der Waals surface area (Å²) < 4.78 is 0. The standard InChI is InChI=1S/C10H20N6S2/c1-4-8(14-16-10(18)12-6-3)7-13-15-9(17)11-5-2/h7H,4-6H2,1-3H3,(H2,11,15,17)(H2,12,16,18)/b13-7+,14-8+. The van der Waals surface area contributed by atoms with E-state index in [4.69, 9.17) is 24.4 Å². The molecule has 0 bridgehead atoms. The van der Waals surface area contributed by atoms with Gasteiger partial charge in [-0.2, -0.15) is 10.2 Å². The Balaban J connectivity index is 4.16. The smallest absolute Gasteiger partial charge is 0.186 e. The Morgan fingerprint density at radius 2 is 1.56 bits per heavy atom. The fourth-order valence-electron chi connectivity index (χ4n) is 0.887. The second-order valence-corrected chi connectivity index (χ2v) is 3.97. The predicted octanol–water partition coefficient (Wildman–Crippen LogP) is 0.706. The first-order valence-electron chi connectivity index (χ1n) is 5.81. The molecule has 0 amide bonds. The van der Waals surface area contributed by atoms with Gasteiger partial charge >= 0.3 is 0 Å². The number of rotatable bonds is 6. The number of hydrazone groups is 2. The minimum Gasteiger partial charge on any atom is -0.362 e. The van der Waals surface area contributed by atoms with Crippen LogP contribution in [0.25, 0.3) is 0 Å². The van der Waals surface area contributed by atoms with Gasteiger partial charge < -0.3 is 10.6 Å². The molecule has 18 heavy (non-hydrogen) atoms. The van der Waals surface area contributed by atoms with Crippen molar-refractivity contribution >= 4 is 46.6 Å². The molecule has 0 fully saturated rings. The van der Waals surface area contributed by atoms with Crippen molar-refractivity contribution in [3.63, 3.8) is 0 Å². The van der Waals surface area contributed by atoms with E-state index < -0.39 is 0 Å². The number of hydrogen-bond donors (Lipinski definition) is 4. The molecule has 0 unspecified atom stereocenters. The summed E-state index contributed by atoms with van der Waals surface area (Å²) in [6.07, 6.45) is 2.34. The average molecular weight is 288 g/mol. The number of nitrogens with zero attached hydrogens (tertiary/aromatic N) is 2. The van der Waals surface area contributed by atoms with Gasteiger partial charge in [0.15, 0.2) is 10.2 Å². The van der Waals surface area contributed by atoms with Gasteiger partial charge in [-0.25, -0.2) is 0 Å². The van der Waals surface area contributed by atoms with Crippen LogP contribution in [-0.2, 0) is 0 Å². The second kappa shape index (κ2) is 10.8. The molecular formula is C10H20N6S2. The molecule has 0 spiro atoms. The van der Waals surface area contributed by atoms with Crippen molar-refractivity contribution in [2.24, 2.45) is 10.2 Å². The van der Waals surface area contributed by atoms with Crippen molar-refractivity contribution in [1.29, 1.82) is 0 Å². The number of hydrogen-bond acceptors (Lipinski definition) is 4. The lowest BCUT2D eigenvalue weighted by molar-refractivity contribution is 0.896. The summed E-state index contributed by atoms with van der Waals surface area (Å²) in [5.74, 6) is 0. The van der Waals surface area contributed by atoms with E-state index in [1.54, 1.807) is 6.21 Å². The van der Waals surface area contributed by atoms with Gasteiger partial charge in [-0.15, -0.1) is 0 Å². The minimum atomic E-state index is 0.486. The van der Waals surface area contributed by atoms with Gasteiger partial charge in [-0.05, 0) is 44.7 Å². The fraction of sp³-hybridized carbons (Fsp3) is 0.600. The average Bonchev–Trinajstić information content (AvgIpc) is 2.34. The Labute approximate surface area is 119 Å². The topological polar surface area (TPSA) is 72.8 Å². The van der Waals surface area contributed by atoms with E-state index in [0.29, 0.717) is 10.2 Å². The van der Waals surface area contributed by atoms with Crippen LogP contribution in [0.5, 0.6) is 0 Å². The monoisotopic (exact) mass is 288 g/mol. The summed E-state index contributed by atoms with van der Waals surface area (Å²) >= 11 is 9.95. The maximum absolute atomic E-state index is 4.99. The number of nitrogens with one attached hydrogen (secondary N) is 4. The molecule has 0 saturated heterocycles. The lowest BCUT2D eigenvalue weighted by Crippen LogP contribution is -2.33. The van der Waals surface area contributed by atoms with Gasteiger partial charge in [0.2, 0.25) is 0 Å². The van der Waals surface area contributed by atoms with Crippen LogP contribution in [0.15, 0.2) is 10.2 Å². The van der Waals surface area contributed by atoms with Crippen molar-refractivity contribution in [3.8, 4) is 0 Å². The zero-order chi connectivity index (χ0) is 13.8. The lowest BCUT2D eigenvalue weighted by atomic mass is 10.3. The van der Waals surface area contributed by atoms with Gasteiger partial charge in [0.05, 0.1) is 11.9 Å². The molecule has 0 aromatic heterocycles. The molecule has 0 aliphatic heterocycles. The first-order chi connectivity index (χ1) is 8.63. The summed E-state index contributed by atoms with van der Waals surface area (Å²) in [5.41, 5.74) is 6.20. The molecule has 4 N–H and O–H groups in total. The van der Waals surface area contributed by atoms with Gasteiger partial charge in [0.1, 0.15) is 0 Å². The normalized spacial score (nSPS) is 11.2. The zero-order valence-corrected chi connectivity index (χ0v) is 12.5. The Bertz CT molecular complexity index is 326. The zero-order valence-electron chi connectivity index (χ0n) is 10.9. The lowest BCUT2D eigenvalue weighted by Gasteiger charge is -2.05. The molecule has 0 aliphatic carbocycles. The summed E-state index contributed by atoms with van der Waals surface area (Å²) in [4.78, 5) is 0. The molecule has 102 valence electrons. The summed E-state index contributed by atoms with van der Waals surface area (Å²) in [6, 6.07) is 0. The molecule has 0 radical (unpaired) electrons. The van der Waals surface area contributed by atoms with E-state index in [2.05, 4.69) is 31.7 Å². The molecule has 0 aliphatic rings. The maximum atomic E-state index is 4.99. The van der Waals surface area contributed by atoms with Gasteiger partial charge in [-0.1, -0.05) is 6.92 Å². The molecule has 8 heteroatoms. The van der Waals surface area contributed by atoms with Crippen molar-refractivity contribution in [3.05, 3.63) is 0 Å². The SMILES string of the molecule is CCNC(=S)N/N=C/C(CC)=N/NC(=S)NCC. The summed E-state index contributed by atoms with van der Waals surface area (Å²) in [5, 5.41) is 14.9. The quantitative estimate of drug-likeness (QED) is 0.328. The molecule has 0 atom stereocenters. The van der Waals surface area contributed by atoms with E-state index in [0.717, 1.165) is 25.2 Å². The highest BCUT2D eigenvalue weighted by atomic mass is 32.1. The highest BCUT2D eigenvalue weighted by Crippen LogP contribution is 1.81. The van der Waals surface area contributed by atoms with Gasteiger partial charge in [0.25, 0.3) is 0 Å². The Morgan fingerprint density at radius 1 is 1.00 bits per heavy atom. The third kappa shape index (κ3) is 8.82. The van der Waals surface area contributed by atoms with Crippen molar-refractivity contribution in [1.82, 2.24) is 21.5 Å². The van der Waals surface area contributed by atoms with Gasteiger partial charge in [0, 0.05) is 13.1 Å². The molecule has 0 heterocycles. The highest BCUT2D eigenvalue weighted by Gasteiger charge is 1.94. The number of thiocarbonyl (C=S) groups is 2. The van der Waals surface area contributed by atoms with Crippen LogP contribution in [0.2, 0.25) is 0 Å². The molecule has 6 nitrogen and oxygen atoms in total. The molecule has 0 aromatic carbocycles. The van der Waals surface area contributed by atoms with Gasteiger partial charge in [-0.3, -0.25) is 10.9 Å². The third-order valence-electron chi connectivity index (χ3n) is 1.72. The molecule has 0 saturated carbocycles. The van der Waals surface area contributed by atoms with E-state index in [-0.39, 0.29) is 0 Å². The highest BCUT2D eigenvalue weighted by molar-refractivity contribution is 7.80. The Hall–Kier alpha value is -1.28. The first-order valence-corrected chi connectivity index (χ1v) is 6.62. The van der Waals surface area contributed by atoms with E-state index in [1.165, 1.54) is 0 Å². The van der Waals surface area contributed by atoms with Crippen LogP contribution >= 0.6 is 24.4 Å². The van der Waals surface area contributed by atoms with Crippen LogP contribution in [0.3, 0.4) is 0 Å². The van der Waals surface area contributed by atoms with E-state index in [1.807, 2.05) is 20.8 Å². The first kappa shape index (κ1) is 16.7. The van der Waals surface area contributed by atoms with E-state index in [9.17, 15) is 0 Å². The third-order valence-corrected chi connectivity index (χ3v) is 2.19. The maximum Gasteiger partial charge on any atom is 0.186 e. The summed E-state index contributed by atoms with van der Waals surface area (Å²) in [7, 11) is 0. The van der Waals surface area contributed by atoms with Crippen LogP contribution in [0.4, 0.5) is 0 Å². The molecule has 0 aromatic rings. The van der Waals surface area contributed by atoms with Crippen LogP contribution in [0.1, 0.15) is 27.2 Å². The Morgan fingerprint density at radius 3 is 2.06 bits per heavy atom. The van der Waals surface area contributed by atoms with Crippen LogP contribution in [-0.4, -0.2) is 35.2 Å². The Kier molecular flexibility index (Phi) is 10.1. The van der Waals surface area contributed by atoms with Crippen LogP contribution < -0.4 is 21.5 Å². The van der Waals surface area contributed by atoms with Crippen LogP contribution in [0, 0.1) is 0 Å². The largest absolute Gasteiger partial charge is 0.362 e. The van der Waals surface area contributed by atoms with E-state index >= 15 is 0 Å². The molecular weight excluding hydrogens is 268 g/mol. The summed E-state index contributed by atoms with van der Waals surface area (Å²) in [6.45, 7) is 7.42. The second-order valence-electron chi connectivity index (χ2n) is 3.16. The molecule has 0 rings (SSSR count). The fourth-order valence-corrected chi connectivity index (χ4v) is 1.27. The van der Waals surface area contributed by atoms with Crippen molar-refractivity contribution < 1.29 is 0 Å². The predicted molar refractivity (Wildman–Crippen MR) is 85.0 cm³/mol.